The van der Waals surface area contributed by atoms with Crippen LogP contribution in [0.3, 0.4) is 0 Å². The van der Waals surface area contributed by atoms with Crippen molar-refractivity contribution in [2.24, 2.45) is 23.2 Å². The second-order valence-corrected chi connectivity index (χ2v) is 10.8. The number of nitrogens with zero attached hydrogens (tertiary/aromatic N) is 2. The predicted octanol–water partition coefficient (Wildman–Crippen LogP) is 6.22. The molecule has 0 N–H and O–H groups in total. The highest BCUT2D eigenvalue weighted by atomic mass is 16.1. The number of Topliss-reactive ketones (excluding diaryl/α,β-unsaturated/α-hetero) is 1. The smallest absolute Gasteiger partial charge is 0.209 e. The van der Waals surface area contributed by atoms with E-state index in [2.05, 4.69) is 6.07 Å². The first-order chi connectivity index (χ1) is 16.0. The van der Waals surface area contributed by atoms with Crippen molar-refractivity contribution in [2.45, 2.75) is 51.4 Å². The first-order valence-corrected chi connectivity index (χ1v) is 12.2. The Hall–Kier alpha value is -3.19. The van der Waals surface area contributed by atoms with Crippen molar-refractivity contribution in [1.82, 2.24) is 4.40 Å². The van der Waals surface area contributed by atoms with Crippen molar-refractivity contribution in [2.75, 3.05) is 0 Å². The Labute approximate surface area is 194 Å². The number of carbonyl (C=O) groups excluding carboxylic acids is 2. The van der Waals surface area contributed by atoms with Gasteiger partial charge in [-0.3, -0.25) is 9.59 Å². The van der Waals surface area contributed by atoms with E-state index >= 15 is 0 Å². The number of pyridine rings is 1. The Bertz CT molecular complexity index is 1270. The van der Waals surface area contributed by atoms with E-state index in [-0.39, 0.29) is 11.6 Å². The molecule has 0 unspecified atom stereocenters. The average molecular weight is 437 g/mol. The average Bonchev–Trinajstić information content (AvgIpc) is 3.25. The molecule has 1 aromatic carbocycles. The number of fused-ring (bicyclic) bond motifs is 1. The number of aromatic nitrogens is 1. The highest BCUT2D eigenvalue weighted by Gasteiger charge is 2.50. The lowest BCUT2D eigenvalue weighted by Crippen LogP contribution is -2.46. The van der Waals surface area contributed by atoms with E-state index < -0.39 is 0 Å². The van der Waals surface area contributed by atoms with Gasteiger partial charge >= 0.3 is 0 Å². The fraction of sp³-hybridized carbons (Fsp3) is 0.414. The third-order valence-corrected chi connectivity index (χ3v) is 8.53. The number of ketones is 2. The van der Waals surface area contributed by atoms with Crippen molar-refractivity contribution in [3.05, 3.63) is 77.1 Å². The van der Waals surface area contributed by atoms with Crippen LogP contribution >= 0.6 is 0 Å². The molecule has 33 heavy (non-hydrogen) atoms. The Morgan fingerprint density at radius 3 is 2.39 bits per heavy atom. The van der Waals surface area contributed by atoms with E-state index in [1.165, 1.54) is 38.5 Å². The number of nitriles is 1. The summed E-state index contributed by atoms with van der Waals surface area (Å²) < 4.78 is 1.82. The maximum atomic E-state index is 13.4. The highest BCUT2D eigenvalue weighted by molar-refractivity contribution is 6.10. The molecule has 0 radical (unpaired) electrons. The summed E-state index contributed by atoms with van der Waals surface area (Å²) in [6.45, 7) is 0. The maximum Gasteiger partial charge on any atom is 0.209 e. The molecule has 3 aromatic rings. The van der Waals surface area contributed by atoms with Crippen LogP contribution < -0.4 is 0 Å². The van der Waals surface area contributed by atoms with Gasteiger partial charge < -0.3 is 4.40 Å². The van der Waals surface area contributed by atoms with Gasteiger partial charge in [0.2, 0.25) is 5.78 Å². The van der Waals surface area contributed by atoms with E-state index in [4.69, 9.17) is 5.26 Å². The number of carbonyl (C=O) groups is 2. The van der Waals surface area contributed by atoms with Crippen LogP contribution in [0, 0.1) is 34.5 Å². The molecule has 4 fully saturated rings. The standard InChI is InChI=1S/C29H28N2O2/c30-18-19-3-1-4-23(14-19)28(33)26-7-6-25-24(5-2-10-31(25)26)27(32)8-9-29-15-20-11-21(16-29)13-22(12-20)17-29/h1-7,10,14,20-22H,8-9,11-13,15-17H2. The molecular weight excluding hydrogens is 408 g/mol. The van der Waals surface area contributed by atoms with Gasteiger partial charge in [-0.25, -0.2) is 0 Å². The van der Waals surface area contributed by atoms with Gasteiger partial charge in [0, 0.05) is 23.7 Å². The summed E-state index contributed by atoms with van der Waals surface area (Å²) in [4.78, 5) is 26.5. The summed E-state index contributed by atoms with van der Waals surface area (Å²) in [5.41, 5.74) is 3.33. The summed E-state index contributed by atoms with van der Waals surface area (Å²) in [5.74, 6) is 2.72. The van der Waals surface area contributed by atoms with Gasteiger partial charge in [-0.2, -0.15) is 5.26 Å². The van der Waals surface area contributed by atoms with Crippen molar-refractivity contribution < 1.29 is 9.59 Å². The number of rotatable bonds is 6. The van der Waals surface area contributed by atoms with E-state index in [0.717, 1.165) is 29.7 Å². The Morgan fingerprint density at radius 1 is 0.970 bits per heavy atom. The molecule has 4 heteroatoms. The van der Waals surface area contributed by atoms with Crippen molar-refractivity contribution in [1.29, 1.82) is 5.26 Å². The number of benzene rings is 1. The van der Waals surface area contributed by atoms with Crippen molar-refractivity contribution in [3.63, 3.8) is 0 Å². The fourth-order valence-electron chi connectivity index (χ4n) is 7.55. The van der Waals surface area contributed by atoms with Crippen molar-refractivity contribution in [3.8, 4) is 6.07 Å². The normalized spacial score (nSPS) is 27.5. The zero-order valence-electron chi connectivity index (χ0n) is 18.8. The third kappa shape index (κ3) is 3.51. The molecule has 2 aromatic heterocycles. The minimum Gasteiger partial charge on any atom is -0.313 e. The number of hydrogen-bond donors (Lipinski definition) is 0. The summed E-state index contributed by atoms with van der Waals surface area (Å²) in [6.07, 6.45) is 11.7. The molecule has 0 spiro atoms. The minimum atomic E-state index is -0.148. The van der Waals surface area contributed by atoms with Crippen LogP contribution in [0.4, 0.5) is 0 Å². The van der Waals surface area contributed by atoms with Gasteiger partial charge in [-0.1, -0.05) is 12.1 Å². The lowest BCUT2D eigenvalue weighted by Gasteiger charge is -2.57. The molecule has 0 amide bonds. The Kier molecular flexibility index (Phi) is 4.76. The van der Waals surface area contributed by atoms with Crippen LogP contribution in [0.2, 0.25) is 0 Å². The van der Waals surface area contributed by atoms with Crippen molar-refractivity contribution >= 4 is 17.1 Å². The second kappa shape index (κ2) is 7.70. The van der Waals surface area contributed by atoms with Gasteiger partial charge in [0.05, 0.1) is 22.8 Å². The highest BCUT2D eigenvalue weighted by Crippen LogP contribution is 2.61. The zero-order valence-corrected chi connectivity index (χ0v) is 18.8. The molecule has 166 valence electrons. The number of hydrogen-bond acceptors (Lipinski definition) is 3. The summed E-state index contributed by atoms with van der Waals surface area (Å²) in [5, 5.41) is 9.16. The molecule has 4 aliphatic rings. The molecule has 4 bridgehead atoms. The van der Waals surface area contributed by atoms with Gasteiger partial charge in [0.25, 0.3) is 0 Å². The molecule has 2 heterocycles. The van der Waals surface area contributed by atoms with Crippen LogP contribution in [-0.2, 0) is 0 Å². The van der Waals surface area contributed by atoms with E-state index in [1.54, 1.807) is 30.3 Å². The van der Waals surface area contributed by atoms with E-state index in [9.17, 15) is 9.59 Å². The Balaban J connectivity index is 1.24. The summed E-state index contributed by atoms with van der Waals surface area (Å²) in [6, 6.07) is 16.2. The van der Waals surface area contributed by atoms with E-state index in [1.807, 2.05) is 28.8 Å². The first kappa shape index (κ1) is 20.4. The quantitative estimate of drug-likeness (QED) is 0.431. The van der Waals surface area contributed by atoms with Gasteiger partial charge in [0.1, 0.15) is 0 Å². The van der Waals surface area contributed by atoms with Crippen LogP contribution in [0.15, 0.2) is 54.7 Å². The van der Waals surface area contributed by atoms with Crippen LogP contribution in [0.1, 0.15) is 83.3 Å². The third-order valence-electron chi connectivity index (χ3n) is 8.53. The zero-order chi connectivity index (χ0) is 22.6. The summed E-state index contributed by atoms with van der Waals surface area (Å²) >= 11 is 0. The predicted molar refractivity (Wildman–Crippen MR) is 126 cm³/mol. The van der Waals surface area contributed by atoms with Crippen LogP contribution in [0.25, 0.3) is 5.52 Å². The SMILES string of the molecule is N#Cc1cccc(C(=O)c2ccc3c(C(=O)CCC45CC6CC(CC(C6)C4)C5)cccn23)c1. The van der Waals surface area contributed by atoms with Gasteiger partial charge in [0.15, 0.2) is 5.78 Å². The van der Waals surface area contributed by atoms with Gasteiger partial charge in [-0.05, 0) is 105 Å². The molecule has 7 rings (SSSR count). The molecule has 0 saturated heterocycles. The van der Waals surface area contributed by atoms with E-state index in [0.29, 0.717) is 34.2 Å². The van der Waals surface area contributed by atoms with Crippen LogP contribution in [-0.4, -0.2) is 16.0 Å². The molecule has 4 aliphatic carbocycles. The lowest BCUT2D eigenvalue weighted by atomic mass is 9.48. The molecule has 0 aliphatic heterocycles. The fourth-order valence-corrected chi connectivity index (χ4v) is 7.55. The lowest BCUT2D eigenvalue weighted by molar-refractivity contribution is -0.0570. The maximum absolute atomic E-state index is 13.4. The summed E-state index contributed by atoms with van der Waals surface area (Å²) in [7, 11) is 0. The Morgan fingerprint density at radius 2 is 1.70 bits per heavy atom. The van der Waals surface area contributed by atoms with Crippen LogP contribution in [0.5, 0.6) is 0 Å². The van der Waals surface area contributed by atoms with Gasteiger partial charge in [-0.15, -0.1) is 0 Å². The molecule has 0 atom stereocenters. The second-order valence-electron chi connectivity index (χ2n) is 10.8. The molecular formula is C29H28N2O2. The topological polar surface area (TPSA) is 62.3 Å². The molecule has 4 nitrogen and oxygen atoms in total. The molecule has 4 saturated carbocycles. The minimum absolute atomic E-state index is 0.148. The largest absolute Gasteiger partial charge is 0.313 e. The first-order valence-electron chi connectivity index (χ1n) is 12.2. The monoisotopic (exact) mass is 436 g/mol.